The lowest BCUT2D eigenvalue weighted by molar-refractivity contribution is -0.139. The van der Waals surface area contributed by atoms with Crippen LogP contribution in [-0.4, -0.2) is 34.4 Å². The summed E-state index contributed by atoms with van der Waals surface area (Å²) in [6.07, 6.45) is -2.64. The minimum atomic E-state index is -4.59. The molecular weight excluding hydrogens is 399 g/mol. The van der Waals surface area contributed by atoms with E-state index in [0.29, 0.717) is 18.6 Å². The van der Waals surface area contributed by atoms with Gasteiger partial charge in [-0.25, -0.2) is 0 Å². The Bertz CT molecular complexity index is 1190. The Morgan fingerprint density at radius 2 is 2.03 bits per heavy atom. The summed E-state index contributed by atoms with van der Waals surface area (Å²) in [6, 6.07) is 11.2. The van der Waals surface area contributed by atoms with E-state index in [0.717, 1.165) is 17.0 Å². The number of alkyl halides is 3. The fourth-order valence-corrected chi connectivity index (χ4v) is 3.50. The molecule has 30 heavy (non-hydrogen) atoms. The van der Waals surface area contributed by atoms with Gasteiger partial charge in [0.15, 0.2) is 0 Å². The summed E-state index contributed by atoms with van der Waals surface area (Å²) < 4.78 is 57.0. The fourth-order valence-electron chi connectivity index (χ4n) is 3.50. The van der Waals surface area contributed by atoms with Crippen LogP contribution >= 0.6 is 0 Å². The molecule has 1 fully saturated rings. The van der Waals surface area contributed by atoms with E-state index in [2.05, 4.69) is 15.1 Å². The van der Waals surface area contributed by atoms with Crippen molar-refractivity contribution in [2.45, 2.75) is 18.7 Å². The number of benzene rings is 2. The molecule has 2 aromatic heterocycles. The van der Waals surface area contributed by atoms with Gasteiger partial charge in [0.1, 0.15) is 11.9 Å². The van der Waals surface area contributed by atoms with Crippen LogP contribution in [0.25, 0.3) is 33.7 Å². The molecule has 2 aromatic carbocycles. The molecule has 3 heterocycles. The Kier molecular flexibility index (Phi) is 4.47. The van der Waals surface area contributed by atoms with Crippen molar-refractivity contribution in [3.05, 3.63) is 54.2 Å². The van der Waals surface area contributed by atoms with E-state index in [1.807, 2.05) is 24.3 Å². The maximum Gasteiger partial charge on any atom is 0.419 e. The number of aromatic amines is 1. The van der Waals surface area contributed by atoms with Crippen molar-refractivity contribution in [2.75, 3.05) is 13.2 Å². The smallest absolute Gasteiger partial charge is 0.419 e. The second kappa shape index (κ2) is 7.17. The zero-order valence-corrected chi connectivity index (χ0v) is 15.6. The molecule has 0 aliphatic carbocycles. The second-order valence-corrected chi connectivity index (χ2v) is 6.98. The van der Waals surface area contributed by atoms with Crippen LogP contribution in [0.4, 0.5) is 13.2 Å². The first-order valence-corrected chi connectivity index (χ1v) is 9.35. The summed E-state index contributed by atoms with van der Waals surface area (Å²) in [7, 11) is 0. The molecule has 0 spiro atoms. The molecule has 154 valence electrons. The number of nitrogens with one attached hydrogen (secondary N) is 1. The van der Waals surface area contributed by atoms with E-state index >= 15 is 0 Å². The zero-order valence-electron chi connectivity index (χ0n) is 15.6. The first-order valence-electron chi connectivity index (χ1n) is 9.35. The highest BCUT2D eigenvalue weighted by Crippen LogP contribution is 2.39. The van der Waals surface area contributed by atoms with E-state index in [-0.39, 0.29) is 29.6 Å². The highest BCUT2D eigenvalue weighted by Gasteiger charge is 2.36. The summed E-state index contributed by atoms with van der Waals surface area (Å²) in [4.78, 5) is 7.41. The summed E-state index contributed by atoms with van der Waals surface area (Å²) in [5, 5.41) is 4.77. The summed E-state index contributed by atoms with van der Waals surface area (Å²) in [5.41, 5.74) is 0.897. The van der Waals surface area contributed by atoms with E-state index in [1.54, 1.807) is 6.20 Å². The Hall–Kier alpha value is -3.33. The topological polar surface area (TPSA) is 73.2 Å². The average Bonchev–Trinajstić information content (AvgIpc) is 3.48. The van der Waals surface area contributed by atoms with Crippen LogP contribution in [0.2, 0.25) is 0 Å². The standard InChI is InChI=1S/C21H16F3N3O3/c22-21(23,24)16-10-12(4-5-18(16)29-13-7-9-28-11-13)19-26-20(30-27-19)15-2-1-3-17-14(15)6-8-25-17/h1-6,8,10,13,25H,7,9,11H2/t13-/m1/s1. The number of hydrogen-bond acceptors (Lipinski definition) is 5. The van der Waals surface area contributed by atoms with Gasteiger partial charge in [-0.15, -0.1) is 0 Å². The third-order valence-corrected chi connectivity index (χ3v) is 4.98. The highest BCUT2D eigenvalue weighted by molar-refractivity contribution is 5.93. The van der Waals surface area contributed by atoms with Crippen molar-refractivity contribution >= 4 is 10.9 Å². The molecule has 0 amide bonds. The van der Waals surface area contributed by atoms with Gasteiger partial charge in [-0.1, -0.05) is 11.2 Å². The van der Waals surface area contributed by atoms with Gasteiger partial charge in [0, 0.05) is 34.6 Å². The van der Waals surface area contributed by atoms with Gasteiger partial charge in [-0.2, -0.15) is 18.2 Å². The van der Waals surface area contributed by atoms with E-state index in [4.69, 9.17) is 14.0 Å². The number of hydrogen-bond donors (Lipinski definition) is 1. The van der Waals surface area contributed by atoms with Gasteiger partial charge in [0.25, 0.3) is 5.89 Å². The lowest BCUT2D eigenvalue weighted by Gasteiger charge is -2.17. The van der Waals surface area contributed by atoms with Crippen LogP contribution in [0, 0.1) is 0 Å². The molecule has 1 N–H and O–H groups in total. The first kappa shape index (κ1) is 18.7. The third kappa shape index (κ3) is 3.41. The Morgan fingerprint density at radius 1 is 1.13 bits per heavy atom. The molecule has 0 unspecified atom stereocenters. The van der Waals surface area contributed by atoms with Crippen molar-refractivity contribution in [1.82, 2.24) is 15.1 Å². The largest absolute Gasteiger partial charge is 0.487 e. The molecule has 1 saturated heterocycles. The minimum Gasteiger partial charge on any atom is -0.487 e. The maximum absolute atomic E-state index is 13.6. The molecule has 0 radical (unpaired) electrons. The predicted molar refractivity (Wildman–Crippen MR) is 102 cm³/mol. The number of fused-ring (bicyclic) bond motifs is 1. The average molecular weight is 415 g/mol. The molecule has 4 aromatic rings. The van der Waals surface area contributed by atoms with Gasteiger partial charge in [-0.3, -0.25) is 0 Å². The second-order valence-electron chi connectivity index (χ2n) is 6.98. The van der Waals surface area contributed by atoms with Gasteiger partial charge < -0.3 is 19.0 Å². The maximum atomic E-state index is 13.6. The van der Waals surface area contributed by atoms with Crippen LogP contribution < -0.4 is 4.74 Å². The molecule has 6 nitrogen and oxygen atoms in total. The molecule has 0 saturated carbocycles. The normalized spacial score (nSPS) is 17.0. The lowest BCUT2D eigenvalue weighted by Crippen LogP contribution is -2.18. The first-order chi connectivity index (χ1) is 14.5. The minimum absolute atomic E-state index is 0.0683. The Morgan fingerprint density at radius 3 is 2.83 bits per heavy atom. The van der Waals surface area contributed by atoms with Crippen molar-refractivity contribution in [1.29, 1.82) is 0 Å². The summed E-state index contributed by atoms with van der Waals surface area (Å²) in [5.74, 6) is 0.0635. The Balaban J connectivity index is 1.51. The molecule has 0 bridgehead atoms. The number of H-pyrrole nitrogens is 1. The van der Waals surface area contributed by atoms with Crippen molar-refractivity contribution in [2.24, 2.45) is 0 Å². The predicted octanol–water partition coefficient (Wildman–Crippen LogP) is 5.07. The lowest BCUT2D eigenvalue weighted by atomic mass is 10.1. The monoisotopic (exact) mass is 415 g/mol. The van der Waals surface area contributed by atoms with Crippen molar-refractivity contribution in [3.63, 3.8) is 0 Å². The summed E-state index contributed by atoms with van der Waals surface area (Å²) >= 11 is 0. The Labute approximate surface area is 168 Å². The van der Waals surface area contributed by atoms with E-state index in [1.165, 1.54) is 12.1 Å². The number of nitrogens with zero attached hydrogens (tertiary/aromatic N) is 2. The van der Waals surface area contributed by atoms with Crippen molar-refractivity contribution < 1.29 is 27.2 Å². The molecule has 1 aliphatic rings. The quantitative estimate of drug-likeness (QED) is 0.504. The molecule has 1 atom stereocenters. The van der Waals surface area contributed by atoms with E-state index < -0.39 is 17.8 Å². The van der Waals surface area contributed by atoms with Gasteiger partial charge in [0.05, 0.1) is 18.8 Å². The zero-order chi connectivity index (χ0) is 20.7. The van der Waals surface area contributed by atoms with Gasteiger partial charge in [0.2, 0.25) is 5.82 Å². The molecule has 9 heteroatoms. The molecule has 1 aliphatic heterocycles. The van der Waals surface area contributed by atoms with Gasteiger partial charge >= 0.3 is 6.18 Å². The number of aromatic nitrogens is 3. The summed E-state index contributed by atoms with van der Waals surface area (Å²) in [6.45, 7) is 0.752. The SMILES string of the molecule is FC(F)(F)c1cc(-c2noc(-c3cccc4[nH]ccc34)n2)ccc1O[C@@H]1CCOC1. The molecular formula is C21H16F3N3O3. The van der Waals surface area contributed by atoms with E-state index in [9.17, 15) is 13.2 Å². The van der Waals surface area contributed by atoms with Crippen LogP contribution in [0.3, 0.4) is 0 Å². The van der Waals surface area contributed by atoms with Crippen LogP contribution in [0.1, 0.15) is 12.0 Å². The fraction of sp³-hybridized carbons (Fsp3) is 0.238. The van der Waals surface area contributed by atoms with Crippen LogP contribution in [0.15, 0.2) is 53.2 Å². The third-order valence-electron chi connectivity index (χ3n) is 4.98. The van der Waals surface area contributed by atoms with Crippen LogP contribution in [-0.2, 0) is 10.9 Å². The van der Waals surface area contributed by atoms with Crippen LogP contribution in [0.5, 0.6) is 5.75 Å². The number of halogens is 3. The number of rotatable bonds is 4. The highest BCUT2D eigenvalue weighted by atomic mass is 19.4. The number of ether oxygens (including phenoxy) is 2. The molecule has 5 rings (SSSR count). The van der Waals surface area contributed by atoms with Crippen molar-refractivity contribution in [3.8, 4) is 28.6 Å². The van der Waals surface area contributed by atoms with Gasteiger partial charge in [-0.05, 0) is 36.4 Å².